The van der Waals surface area contributed by atoms with E-state index < -0.39 is 36.3 Å². The predicted octanol–water partition coefficient (Wildman–Crippen LogP) is -0.490. The standard InChI is InChI=1S/C10H14N2O5/c1-5(2)7-8(14)11-10(16)12(9(7)15)4-6(13)17-3/h5,7H,4H2,1-3H3,(H,11,14,16). The second kappa shape index (κ2) is 4.94. The van der Waals surface area contributed by atoms with E-state index in [2.05, 4.69) is 4.74 Å². The van der Waals surface area contributed by atoms with Crippen LogP contribution in [-0.2, 0) is 19.1 Å². The van der Waals surface area contributed by atoms with Crippen molar-refractivity contribution in [3.63, 3.8) is 0 Å². The molecule has 1 aliphatic rings. The van der Waals surface area contributed by atoms with Crippen molar-refractivity contribution in [3.8, 4) is 0 Å². The Hall–Kier alpha value is -1.92. The van der Waals surface area contributed by atoms with E-state index in [1.807, 2.05) is 5.32 Å². The lowest BCUT2D eigenvalue weighted by Crippen LogP contribution is -2.60. The van der Waals surface area contributed by atoms with Gasteiger partial charge in [0.15, 0.2) is 0 Å². The zero-order valence-electron chi connectivity index (χ0n) is 9.85. The highest BCUT2D eigenvalue weighted by Gasteiger charge is 2.42. The summed E-state index contributed by atoms with van der Waals surface area (Å²) in [5.74, 6) is -3.21. The molecule has 1 aliphatic heterocycles. The van der Waals surface area contributed by atoms with Gasteiger partial charge in [0, 0.05) is 0 Å². The van der Waals surface area contributed by atoms with Gasteiger partial charge in [-0.1, -0.05) is 13.8 Å². The average molecular weight is 242 g/mol. The normalized spacial score (nSPS) is 20.6. The topological polar surface area (TPSA) is 92.8 Å². The first-order chi connectivity index (χ1) is 7.88. The van der Waals surface area contributed by atoms with Gasteiger partial charge in [-0.2, -0.15) is 0 Å². The molecule has 0 spiro atoms. The van der Waals surface area contributed by atoms with Gasteiger partial charge in [0.2, 0.25) is 11.8 Å². The predicted molar refractivity (Wildman–Crippen MR) is 55.6 cm³/mol. The molecule has 4 amide bonds. The van der Waals surface area contributed by atoms with Crippen LogP contribution < -0.4 is 5.32 Å². The quantitative estimate of drug-likeness (QED) is 0.532. The fourth-order valence-corrected chi connectivity index (χ4v) is 1.56. The Bertz CT molecular complexity index is 377. The first-order valence-corrected chi connectivity index (χ1v) is 5.11. The van der Waals surface area contributed by atoms with E-state index in [-0.39, 0.29) is 5.92 Å². The molecule has 1 N–H and O–H groups in total. The number of nitrogens with zero attached hydrogens (tertiary/aromatic N) is 1. The first kappa shape index (κ1) is 13.1. The fraction of sp³-hybridized carbons (Fsp3) is 0.600. The minimum atomic E-state index is -0.947. The summed E-state index contributed by atoms with van der Waals surface area (Å²) in [4.78, 5) is 46.5. The Balaban J connectivity index is 2.90. The van der Waals surface area contributed by atoms with Gasteiger partial charge >= 0.3 is 12.0 Å². The summed E-state index contributed by atoms with van der Waals surface area (Å²) < 4.78 is 4.37. The van der Waals surface area contributed by atoms with Crippen LogP contribution in [0.5, 0.6) is 0 Å². The van der Waals surface area contributed by atoms with Crippen LogP contribution in [0.15, 0.2) is 0 Å². The molecule has 0 bridgehead atoms. The van der Waals surface area contributed by atoms with E-state index >= 15 is 0 Å². The molecular weight excluding hydrogens is 228 g/mol. The first-order valence-electron chi connectivity index (χ1n) is 5.11. The van der Waals surface area contributed by atoms with Crippen LogP contribution in [0.2, 0.25) is 0 Å². The number of hydrogen-bond acceptors (Lipinski definition) is 5. The van der Waals surface area contributed by atoms with Crippen molar-refractivity contribution in [3.05, 3.63) is 0 Å². The molecule has 1 unspecified atom stereocenters. The van der Waals surface area contributed by atoms with Crippen LogP contribution >= 0.6 is 0 Å². The number of carbonyl (C=O) groups is 4. The number of methoxy groups -OCH3 is 1. The number of amides is 4. The third-order valence-corrected chi connectivity index (χ3v) is 2.47. The van der Waals surface area contributed by atoms with Crippen LogP contribution in [0.25, 0.3) is 0 Å². The highest BCUT2D eigenvalue weighted by Crippen LogP contribution is 2.18. The van der Waals surface area contributed by atoms with Crippen molar-refractivity contribution in [2.75, 3.05) is 13.7 Å². The third-order valence-electron chi connectivity index (χ3n) is 2.47. The van der Waals surface area contributed by atoms with E-state index in [1.54, 1.807) is 13.8 Å². The number of carbonyl (C=O) groups excluding carboxylic acids is 4. The van der Waals surface area contributed by atoms with Crippen molar-refractivity contribution in [2.24, 2.45) is 11.8 Å². The van der Waals surface area contributed by atoms with Crippen LogP contribution in [0.3, 0.4) is 0 Å². The van der Waals surface area contributed by atoms with Gasteiger partial charge in [0.25, 0.3) is 0 Å². The molecule has 17 heavy (non-hydrogen) atoms. The summed E-state index contributed by atoms with van der Waals surface area (Å²) in [6, 6.07) is -0.887. The summed E-state index contributed by atoms with van der Waals surface area (Å²) in [7, 11) is 1.15. The highest BCUT2D eigenvalue weighted by atomic mass is 16.5. The summed E-state index contributed by atoms with van der Waals surface area (Å²) in [5.41, 5.74) is 0. The number of barbiturate groups is 1. The van der Waals surface area contributed by atoms with E-state index in [0.717, 1.165) is 7.11 Å². The van der Waals surface area contributed by atoms with Crippen LogP contribution in [0, 0.1) is 11.8 Å². The molecule has 0 radical (unpaired) electrons. The zero-order chi connectivity index (χ0) is 13.2. The Kier molecular flexibility index (Phi) is 3.82. The van der Waals surface area contributed by atoms with Crippen LogP contribution in [0.1, 0.15) is 13.8 Å². The molecule has 94 valence electrons. The SMILES string of the molecule is COC(=O)CN1C(=O)NC(=O)C(C(C)C)C1=O. The molecule has 0 aromatic heterocycles. The largest absolute Gasteiger partial charge is 0.468 e. The maximum atomic E-state index is 11.9. The lowest BCUT2D eigenvalue weighted by molar-refractivity contribution is -0.151. The minimum absolute atomic E-state index is 0.254. The number of imide groups is 2. The maximum Gasteiger partial charge on any atom is 0.331 e. The summed E-state index contributed by atoms with van der Waals surface area (Å²) >= 11 is 0. The van der Waals surface area contributed by atoms with Gasteiger partial charge in [-0.3, -0.25) is 24.6 Å². The molecule has 1 atom stereocenters. The monoisotopic (exact) mass is 242 g/mol. The number of hydrogen-bond donors (Lipinski definition) is 1. The summed E-state index contributed by atoms with van der Waals surface area (Å²) in [6.07, 6.45) is 0. The van der Waals surface area contributed by atoms with Crippen LogP contribution in [-0.4, -0.2) is 42.4 Å². The van der Waals surface area contributed by atoms with E-state index in [0.29, 0.717) is 4.90 Å². The molecule has 0 aromatic carbocycles. The Morgan fingerprint density at radius 1 is 1.41 bits per heavy atom. The Morgan fingerprint density at radius 2 is 2.00 bits per heavy atom. The Labute approximate surface area is 98.1 Å². The maximum absolute atomic E-state index is 11.9. The van der Waals surface area contributed by atoms with Gasteiger partial charge in [0.05, 0.1) is 7.11 Å². The fourth-order valence-electron chi connectivity index (χ4n) is 1.56. The molecule has 1 fully saturated rings. The number of urea groups is 1. The molecular formula is C10H14N2O5. The zero-order valence-corrected chi connectivity index (χ0v) is 9.85. The lowest BCUT2D eigenvalue weighted by Gasteiger charge is -2.30. The molecule has 7 nitrogen and oxygen atoms in total. The van der Waals surface area contributed by atoms with Crippen molar-refractivity contribution < 1.29 is 23.9 Å². The third kappa shape index (κ3) is 2.61. The molecule has 0 aliphatic carbocycles. The van der Waals surface area contributed by atoms with Crippen LogP contribution in [0.4, 0.5) is 4.79 Å². The molecule has 0 saturated carbocycles. The lowest BCUT2D eigenvalue weighted by atomic mass is 9.92. The second-order valence-electron chi connectivity index (χ2n) is 4.02. The Morgan fingerprint density at radius 3 is 2.47 bits per heavy atom. The van der Waals surface area contributed by atoms with Gasteiger partial charge < -0.3 is 4.74 Å². The second-order valence-corrected chi connectivity index (χ2v) is 4.02. The van der Waals surface area contributed by atoms with Gasteiger partial charge in [-0.25, -0.2) is 4.79 Å². The van der Waals surface area contributed by atoms with Crippen molar-refractivity contribution in [2.45, 2.75) is 13.8 Å². The van der Waals surface area contributed by atoms with Crippen molar-refractivity contribution in [1.82, 2.24) is 10.2 Å². The number of nitrogens with one attached hydrogen (secondary N) is 1. The van der Waals surface area contributed by atoms with Gasteiger partial charge in [-0.15, -0.1) is 0 Å². The summed E-state index contributed by atoms with van der Waals surface area (Å²) in [5, 5.41) is 2.04. The molecule has 1 heterocycles. The van der Waals surface area contributed by atoms with Crippen molar-refractivity contribution >= 4 is 23.8 Å². The van der Waals surface area contributed by atoms with E-state index in [4.69, 9.17) is 0 Å². The number of rotatable bonds is 3. The smallest absolute Gasteiger partial charge is 0.331 e. The van der Waals surface area contributed by atoms with E-state index in [9.17, 15) is 19.2 Å². The molecule has 7 heteroatoms. The molecule has 0 aromatic rings. The summed E-state index contributed by atoms with van der Waals surface area (Å²) in [6.45, 7) is 2.89. The molecule has 1 rings (SSSR count). The van der Waals surface area contributed by atoms with Crippen molar-refractivity contribution in [1.29, 1.82) is 0 Å². The average Bonchev–Trinajstić information content (AvgIpc) is 2.22. The minimum Gasteiger partial charge on any atom is -0.468 e. The highest BCUT2D eigenvalue weighted by molar-refractivity contribution is 6.17. The number of ether oxygens (including phenoxy) is 1. The molecule has 1 saturated heterocycles. The van der Waals surface area contributed by atoms with Gasteiger partial charge in [0.1, 0.15) is 12.5 Å². The van der Waals surface area contributed by atoms with E-state index in [1.165, 1.54) is 0 Å². The van der Waals surface area contributed by atoms with Gasteiger partial charge in [-0.05, 0) is 5.92 Å². The number of esters is 1.